The maximum Gasteiger partial charge on any atom is 0.226 e. The van der Waals surface area contributed by atoms with Gasteiger partial charge in [0.25, 0.3) is 0 Å². The Hall–Kier alpha value is -1.55. The molecule has 1 aliphatic carbocycles. The summed E-state index contributed by atoms with van der Waals surface area (Å²) in [7, 11) is 0. The van der Waals surface area contributed by atoms with Crippen LogP contribution in [0.1, 0.15) is 37.8 Å². The van der Waals surface area contributed by atoms with Gasteiger partial charge in [-0.3, -0.25) is 4.79 Å². The first-order chi connectivity index (χ1) is 10.2. The van der Waals surface area contributed by atoms with Gasteiger partial charge >= 0.3 is 0 Å². The number of hydrogen-bond donors (Lipinski definition) is 1. The minimum absolute atomic E-state index is 0.0329. The molecule has 1 aromatic heterocycles. The van der Waals surface area contributed by atoms with Gasteiger partial charge in [-0.05, 0) is 25.0 Å². The molecule has 2 unspecified atom stereocenters. The first-order valence-corrected chi connectivity index (χ1v) is 7.94. The molecule has 0 aliphatic heterocycles. The summed E-state index contributed by atoms with van der Waals surface area (Å²) in [6.45, 7) is 0. The highest BCUT2D eigenvalue weighted by Crippen LogP contribution is 2.23. The lowest BCUT2D eigenvalue weighted by molar-refractivity contribution is -0.121. The van der Waals surface area contributed by atoms with Gasteiger partial charge in [-0.2, -0.15) is 0 Å². The van der Waals surface area contributed by atoms with Crippen molar-refractivity contribution in [2.45, 2.75) is 49.9 Å². The summed E-state index contributed by atoms with van der Waals surface area (Å²) in [4.78, 5) is 12.2. The largest absolute Gasteiger partial charge is 0.356 e. The van der Waals surface area contributed by atoms with Gasteiger partial charge in [0.15, 0.2) is 5.58 Å². The summed E-state index contributed by atoms with van der Waals surface area (Å²) in [5.41, 5.74) is 1.40. The highest BCUT2D eigenvalue weighted by molar-refractivity contribution is 6.21. The van der Waals surface area contributed by atoms with Crippen LogP contribution in [0.5, 0.6) is 0 Å². The average Bonchev–Trinajstić information content (AvgIpc) is 2.77. The fraction of sp³-hybridized carbons (Fsp3) is 0.500. The van der Waals surface area contributed by atoms with Crippen molar-refractivity contribution in [2.24, 2.45) is 0 Å². The topological polar surface area (TPSA) is 55.1 Å². The zero-order chi connectivity index (χ0) is 14.7. The summed E-state index contributed by atoms with van der Waals surface area (Å²) in [6, 6.07) is 7.65. The van der Waals surface area contributed by atoms with Gasteiger partial charge in [-0.1, -0.05) is 36.6 Å². The second-order valence-corrected chi connectivity index (χ2v) is 6.19. The Labute approximate surface area is 128 Å². The van der Waals surface area contributed by atoms with E-state index in [-0.39, 0.29) is 23.7 Å². The van der Waals surface area contributed by atoms with Crippen LogP contribution < -0.4 is 5.32 Å². The summed E-state index contributed by atoms with van der Waals surface area (Å²) < 4.78 is 5.22. The zero-order valence-corrected chi connectivity index (χ0v) is 12.6. The first-order valence-electron chi connectivity index (χ1n) is 7.51. The van der Waals surface area contributed by atoms with Gasteiger partial charge in [-0.25, -0.2) is 0 Å². The highest BCUT2D eigenvalue weighted by Gasteiger charge is 2.24. The molecule has 1 aromatic carbocycles. The lowest BCUT2D eigenvalue weighted by Crippen LogP contribution is -2.41. The second kappa shape index (κ2) is 6.48. The number of para-hydroxylation sites is 1. The number of amides is 1. The number of aromatic nitrogens is 1. The Kier molecular flexibility index (Phi) is 4.44. The fourth-order valence-electron chi connectivity index (χ4n) is 2.90. The number of rotatable bonds is 3. The van der Waals surface area contributed by atoms with E-state index in [1.54, 1.807) is 0 Å². The minimum Gasteiger partial charge on any atom is -0.356 e. The third-order valence-corrected chi connectivity index (χ3v) is 4.58. The summed E-state index contributed by atoms with van der Waals surface area (Å²) in [5.74, 6) is -0.0356. The number of fused-ring (bicyclic) bond motifs is 1. The summed E-state index contributed by atoms with van der Waals surface area (Å²) in [5, 5.41) is 7.99. The van der Waals surface area contributed by atoms with Crippen molar-refractivity contribution in [3.05, 3.63) is 30.0 Å². The van der Waals surface area contributed by atoms with Gasteiger partial charge in [0.2, 0.25) is 5.91 Å². The molecule has 1 amide bonds. The van der Waals surface area contributed by atoms with E-state index >= 15 is 0 Å². The second-order valence-electron chi connectivity index (χ2n) is 5.63. The predicted molar refractivity (Wildman–Crippen MR) is 82.4 cm³/mol. The average molecular weight is 307 g/mol. The molecule has 2 atom stereocenters. The van der Waals surface area contributed by atoms with Crippen LogP contribution in [-0.4, -0.2) is 22.5 Å². The van der Waals surface area contributed by atoms with Gasteiger partial charge in [0, 0.05) is 11.4 Å². The smallest absolute Gasteiger partial charge is 0.226 e. The van der Waals surface area contributed by atoms with E-state index in [4.69, 9.17) is 16.1 Å². The summed E-state index contributed by atoms with van der Waals surface area (Å²) in [6.07, 6.45) is 5.63. The molecule has 21 heavy (non-hydrogen) atoms. The van der Waals surface area contributed by atoms with E-state index in [0.29, 0.717) is 11.3 Å². The Bertz CT molecular complexity index is 626. The van der Waals surface area contributed by atoms with E-state index < -0.39 is 0 Å². The molecule has 1 N–H and O–H groups in total. The van der Waals surface area contributed by atoms with E-state index in [2.05, 4.69) is 10.5 Å². The van der Waals surface area contributed by atoms with E-state index in [0.717, 1.165) is 31.1 Å². The van der Waals surface area contributed by atoms with Crippen molar-refractivity contribution in [1.29, 1.82) is 0 Å². The van der Waals surface area contributed by atoms with Crippen LogP contribution in [0.2, 0.25) is 0 Å². The predicted octanol–water partition coefficient (Wildman–Crippen LogP) is 3.43. The van der Waals surface area contributed by atoms with E-state index in [9.17, 15) is 4.79 Å². The molecular weight excluding hydrogens is 288 g/mol. The van der Waals surface area contributed by atoms with Gasteiger partial charge < -0.3 is 9.84 Å². The molecule has 1 fully saturated rings. The molecule has 0 spiro atoms. The Morgan fingerprint density at radius 2 is 2.10 bits per heavy atom. The highest BCUT2D eigenvalue weighted by atomic mass is 35.5. The SMILES string of the molecule is O=C(Cc1noc2ccccc12)NC1CCCCCC1Cl. The van der Waals surface area contributed by atoms with E-state index in [1.807, 2.05) is 24.3 Å². The Morgan fingerprint density at radius 1 is 1.29 bits per heavy atom. The van der Waals surface area contributed by atoms with Crippen LogP contribution in [0.4, 0.5) is 0 Å². The molecule has 5 heteroatoms. The van der Waals surface area contributed by atoms with Crippen LogP contribution in [0, 0.1) is 0 Å². The number of nitrogens with zero attached hydrogens (tertiary/aromatic N) is 1. The number of benzene rings is 1. The van der Waals surface area contributed by atoms with Crippen molar-refractivity contribution in [3.8, 4) is 0 Å². The van der Waals surface area contributed by atoms with Crippen LogP contribution >= 0.6 is 11.6 Å². The van der Waals surface area contributed by atoms with Gasteiger partial charge in [0.05, 0.1) is 11.8 Å². The van der Waals surface area contributed by atoms with Gasteiger partial charge in [0.1, 0.15) is 5.69 Å². The van der Waals surface area contributed by atoms with Crippen LogP contribution in [-0.2, 0) is 11.2 Å². The zero-order valence-electron chi connectivity index (χ0n) is 11.8. The van der Waals surface area contributed by atoms with Crippen molar-refractivity contribution in [3.63, 3.8) is 0 Å². The molecule has 112 valence electrons. The minimum atomic E-state index is -0.0356. The standard InChI is InChI=1S/C16H19ClN2O2/c17-12-7-2-1-3-8-13(12)18-16(20)10-14-11-6-4-5-9-15(11)21-19-14/h4-6,9,12-13H,1-3,7-8,10H2,(H,18,20). The number of carbonyl (C=O) groups excluding carboxylic acids is 1. The third kappa shape index (κ3) is 3.38. The molecular formula is C16H19ClN2O2. The maximum atomic E-state index is 12.2. The molecule has 0 saturated heterocycles. The maximum absolute atomic E-state index is 12.2. The number of alkyl halides is 1. The van der Waals surface area contributed by atoms with Crippen LogP contribution in [0.25, 0.3) is 11.0 Å². The number of hydrogen-bond acceptors (Lipinski definition) is 3. The lowest BCUT2D eigenvalue weighted by Gasteiger charge is -2.20. The van der Waals surface area contributed by atoms with Crippen molar-refractivity contribution in [2.75, 3.05) is 0 Å². The van der Waals surface area contributed by atoms with Crippen molar-refractivity contribution >= 4 is 28.5 Å². The molecule has 3 rings (SSSR count). The Balaban J connectivity index is 1.66. The molecule has 0 bridgehead atoms. The van der Waals surface area contributed by atoms with Gasteiger partial charge in [-0.15, -0.1) is 11.6 Å². The number of carbonyl (C=O) groups is 1. The monoisotopic (exact) mass is 306 g/mol. The first kappa shape index (κ1) is 14.4. The van der Waals surface area contributed by atoms with E-state index in [1.165, 1.54) is 6.42 Å². The number of nitrogens with one attached hydrogen (secondary N) is 1. The molecule has 1 aliphatic rings. The number of halogens is 1. The lowest BCUT2D eigenvalue weighted by atomic mass is 10.1. The van der Waals surface area contributed by atoms with Crippen LogP contribution in [0.15, 0.2) is 28.8 Å². The molecule has 1 saturated carbocycles. The van der Waals surface area contributed by atoms with Crippen LogP contribution in [0.3, 0.4) is 0 Å². The van der Waals surface area contributed by atoms with Crippen molar-refractivity contribution in [1.82, 2.24) is 10.5 Å². The van der Waals surface area contributed by atoms with Crippen molar-refractivity contribution < 1.29 is 9.32 Å². The normalized spacial score (nSPS) is 22.9. The molecule has 1 heterocycles. The molecule has 0 radical (unpaired) electrons. The molecule has 4 nitrogen and oxygen atoms in total. The summed E-state index contributed by atoms with van der Waals surface area (Å²) >= 11 is 6.36. The quantitative estimate of drug-likeness (QED) is 0.698. The fourth-order valence-corrected chi connectivity index (χ4v) is 3.24. The molecule has 2 aromatic rings. The Morgan fingerprint density at radius 3 is 3.00 bits per heavy atom. The third-order valence-electron chi connectivity index (χ3n) is 4.06.